The van der Waals surface area contributed by atoms with Gasteiger partial charge >= 0.3 is 17.9 Å². The summed E-state index contributed by atoms with van der Waals surface area (Å²) in [5, 5.41) is -0.524. The van der Waals surface area contributed by atoms with Gasteiger partial charge in [-0.1, -0.05) is 13.5 Å². The molecule has 0 amide bonds. The van der Waals surface area contributed by atoms with Gasteiger partial charge < -0.3 is 14.2 Å². The maximum absolute atomic E-state index is 12.0. The van der Waals surface area contributed by atoms with Crippen molar-refractivity contribution < 1.29 is 41.2 Å². The number of fused-ring (bicyclic) bond motifs is 1. The fourth-order valence-corrected chi connectivity index (χ4v) is 6.19. The summed E-state index contributed by atoms with van der Waals surface area (Å²) < 4.78 is 44.1. The molecule has 0 radical (unpaired) electrons. The van der Waals surface area contributed by atoms with Gasteiger partial charge in [0.25, 0.3) is 10.1 Å². The molecule has 0 aromatic rings. The molecule has 0 N–H and O–H groups in total. The van der Waals surface area contributed by atoms with Crippen molar-refractivity contribution in [3.63, 3.8) is 0 Å². The lowest BCUT2D eigenvalue weighted by molar-refractivity contribution is -0.163. The number of hydrogen-bond acceptors (Lipinski definition) is 9. The molecule has 1 aliphatic heterocycles. The van der Waals surface area contributed by atoms with Crippen LogP contribution in [0.3, 0.4) is 0 Å². The predicted molar refractivity (Wildman–Crippen MR) is 89.6 cm³/mol. The highest BCUT2D eigenvalue weighted by atomic mass is 32.2. The monoisotopic (exact) mass is 402 g/mol. The average Bonchev–Trinajstić information content (AvgIpc) is 3.09. The normalized spacial score (nSPS) is 34.9. The van der Waals surface area contributed by atoms with Crippen LogP contribution >= 0.6 is 0 Å². The van der Waals surface area contributed by atoms with Crippen molar-refractivity contribution in [2.45, 2.75) is 44.1 Å². The van der Waals surface area contributed by atoms with Crippen LogP contribution in [0.5, 0.6) is 0 Å². The van der Waals surface area contributed by atoms with E-state index in [1.54, 1.807) is 0 Å². The molecule has 2 aliphatic carbocycles. The molecule has 27 heavy (non-hydrogen) atoms. The highest BCUT2D eigenvalue weighted by Crippen LogP contribution is 2.58. The van der Waals surface area contributed by atoms with E-state index in [-0.39, 0.29) is 36.5 Å². The van der Waals surface area contributed by atoms with Gasteiger partial charge in [0, 0.05) is 17.4 Å². The van der Waals surface area contributed by atoms with Gasteiger partial charge in [0.05, 0.1) is 5.25 Å². The summed E-state index contributed by atoms with van der Waals surface area (Å²) in [5.41, 5.74) is 0.225. The second kappa shape index (κ2) is 7.23. The van der Waals surface area contributed by atoms with E-state index in [0.717, 1.165) is 0 Å². The molecule has 3 aliphatic rings. The Balaban J connectivity index is 1.44. The van der Waals surface area contributed by atoms with Gasteiger partial charge in [-0.25, -0.2) is 4.79 Å². The van der Waals surface area contributed by atoms with Crippen molar-refractivity contribution in [2.75, 3.05) is 13.2 Å². The molecule has 2 bridgehead atoms. The molecule has 6 atom stereocenters. The van der Waals surface area contributed by atoms with Gasteiger partial charge in [-0.15, -0.1) is 0 Å². The Morgan fingerprint density at radius 2 is 1.81 bits per heavy atom. The maximum atomic E-state index is 12.0. The van der Waals surface area contributed by atoms with Gasteiger partial charge in [0.1, 0.15) is 31.8 Å². The molecule has 9 nitrogen and oxygen atoms in total. The Morgan fingerprint density at radius 3 is 2.48 bits per heavy atom. The zero-order chi connectivity index (χ0) is 19.9. The van der Waals surface area contributed by atoms with Crippen LogP contribution in [0.1, 0.15) is 26.7 Å². The molecule has 0 aromatic carbocycles. The first-order valence-electron chi connectivity index (χ1n) is 8.71. The summed E-state index contributed by atoms with van der Waals surface area (Å²) in [5.74, 6) is -2.41. The first kappa shape index (κ1) is 19.8. The predicted octanol–water partition coefficient (Wildman–Crippen LogP) is 0.334. The molecular weight excluding hydrogens is 380 g/mol. The highest BCUT2D eigenvalue weighted by Gasteiger charge is 2.68. The second-order valence-corrected chi connectivity index (χ2v) is 8.98. The number of ether oxygens (including phenoxy) is 3. The molecule has 5 unspecified atom stereocenters. The molecule has 1 saturated heterocycles. The molecule has 0 spiro atoms. The Hall–Kier alpha value is -1.94. The lowest BCUT2D eigenvalue weighted by Crippen LogP contribution is -2.37. The Morgan fingerprint density at radius 1 is 1.15 bits per heavy atom. The van der Waals surface area contributed by atoms with Gasteiger partial charge in [0.15, 0.2) is 0 Å². The minimum atomic E-state index is -3.61. The van der Waals surface area contributed by atoms with E-state index in [1.807, 2.05) is 6.92 Å². The van der Waals surface area contributed by atoms with E-state index in [9.17, 15) is 22.8 Å². The van der Waals surface area contributed by atoms with E-state index >= 15 is 0 Å². The molecule has 3 fully saturated rings. The molecule has 0 aromatic heterocycles. The first-order chi connectivity index (χ1) is 12.6. The summed E-state index contributed by atoms with van der Waals surface area (Å²) in [6.45, 7) is 6.49. The Labute approximate surface area is 157 Å². The molecular formula is C17H22O9S. The summed E-state index contributed by atoms with van der Waals surface area (Å²) in [4.78, 5) is 34.9. The van der Waals surface area contributed by atoms with Crippen molar-refractivity contribution in [3.8, 4) is 0 Å². The van der Waals surface area contributed by atoms with E-state index in [0.29, 0.717) is 6.42 Å². The highest BCUT2D eigenvalue weighted by molar-refractivity contribution is 7.87. The molecule has 2 saturated carbocycles. The fraction of sp³-hybridized carbons (Fsp3) is 0.706. The summed E-state index contributed by atoms with van der Waals surface area (Å²) in [7, 11) is -3.61. The number of carbonyl (C=O) groups is 3. The van der Waals surface area contributed by atoms with E-state index < -0.39 is 51.9 Å². The lowest BCUT2D eigenvalue weighted by atomic mass is 9.94. The quantitative estimate of drug-likeness (QED) is 0.148. The van der Waals surface area contributed by atoms with Crippen molar-refractivity contribution in [3.05, 3.63) is 12.2 Å². The SMILES string of the molecule is C=C(C)C(=O)OCCOC(=O)CC(=O)OC1C2OS(=O)(=O)C3CC1[C@@H](C)C23. The largest absolute Gasteiger partial charge is 0.462 e. The number of hydrogen-bond donors (Lipinski definition) is 0. The number of rotatable bonds is 7. The minimum Gasteiger partial charge on any atom is -0.462 e. The van der Waals surface area contributed by atoms with Crippen molar-refractivity contribution in [2.24, 2.45) is 17.8 Å². The van der Waals surface area contributed by atoms with Gasteiger partial charge in [0.2, 0.25) is 0 Å². The van der Waals surface area contributed by atoms with Crippen LogP contribution in [0.15, 0.2) is 12.2 Å². The number of esters is 3. The van der Waals surface area contributed by atoms with Crippen LogP contribution in [0.4, 0.5) is 0 Å². The zero-order valence-corrected chi connectivity index (χ0v) is 15.9. The standard InChI is InChI=1S/C17H22O9S/c1-8(2)17(20)24-5-4-23-12(18)7-13(19)25-15-10-6-11-14(9(10)3)16(15)26-27(11,21)22/h9-11,14-16H,1,4-7H2,2-3H3/t9-,10?,11?,14?,15?,16?/m1/s1. The van der Waals surface area contributed by atoms with Crippen molar-refractivity contribution in [1.82, 2.24) is 0 Å². The fourth-order valence-electron chi connectivity index (χ4n) is 4.26. The van der Waals surface area contributed by atoms with Gasteiger partial charge in [-0.2, -0.15) is 8.42 Å². The minimum absolute atomic E-state index is 0.0741. The number of carbonyl (C=O) groups excluding carboxylic acids is 3. The van der Waals surface area contributed by atoms with Crippen LogP contribution in [0, 0.1) is 17.8 Å². The summed E-state index contributed by atoms with van der Waals surface area (Å²) >= 11 is 0. The third kappa shape index (κ3) is 3.73. The third-order valence-corrected chi connectivity index (χ3v) is 7.18. The van der Waals surface area contributed by atoms with Gasteiger partial charge in [-0.3, -0.25) is 13.8 Å². The van der Waals surface area contributed by atoms with Gasteiger partial charge in [-0.05, 0) is 19.3 Å². The van der Waals surface area contributed by atoms with E-state index in [2.05, 4.69) is 6.58 Å². The topological polar surface area (TPSA) is 122 Å². The average molecular weight is 402 g/mol. The third-order valence-electron chi connectivity index (χ3n) is 5.44. The van der Waals surface area contributed by atoms with E-state index in [1.165, 1.54) is 6.92 Å². The smallest absolute Gasteiger partial charge is 0.333 e. The molecule has 150 valence electrons. The van der Waals surface area contributed by atoms with E-state index in [4.69, 9.17) is 18.4 Å². The van der Waals surface area contributed by atoms with Crippen LogP contribution in [0.2, 0.25) is 0 Å². The van der Waals surface area contributed by atoms with Crippen molar-refractivity contribution in [1.29, 1.82) is 0 Å². The van der Waals surface area contributed by atoms with Crippen LogP contribution in [-0.2, 0) is 42.9 Å². The lowest BCUT2D eigenvalue weighted by Gasteiger charge is -2.24. The van der Waals surface area contributed by atoms with Crippen LogP contribution in [-0.4, -0.2) is 57.0 Å². The van der Waals surface area contributed by atoms with Crippen LogP contribution in [0.25, 0.3) is 0 Å². The molecule has 1 heterocycles. The molecule has 3 rings (SSSR count). The summed E-state index contributed by atoms with van der Waals surface area (Å²) in [6.07, 6.45) is -1.55. The first-order valence-corrected chi connectivity index (χ1v) is 10.2. The molecule has 10 heteroatoms. The maximum Gasteiger partial charge on any atom is 0.333 e. The zero-order valence-electron chi connectivity index (χ0n) is 15.1. The Kier molecular flexibility index (Phi) is 5.31. The van der Waals surface area contributed by atoms with Crippen LogP contribution < -0.4 is 0 Å². The second-order valence-electron chi connectivity index (χ2n) is 7.20. The summed E-state index contributed by atoms with van der Waals surface area (Å²) in [6, 6.07) is 0. The van der Waals surface area contributed by atoms with Crippen molar-refractivity contribution >= 4 is 28.0 Å². The Bertz CT molecular complexity index is 771.